The first-order valence-electron chi connectivity index (χ1n) is 13.5. The van der Waals surface area contributed by atoms with Gasteiger partial charge in [-0.3, -0.25) is 0 Å². The van der Waals surface area contributed by atoms with Crippen LogP contribution in [0.1, 0.15) is 49.9 Å². The monoisotopic (exact) mass is 526 g/mol. The summed E-state index contributed by atoms with van der Waals surface area (Å²) in [7, 11) is 0. The number of benzene rings is 4. The number of phenolic OH excluding ortho intramolecular Hbond substituents is 2. The summed E-state index contributed by atoms with van der Waals surface area (Å²) < 4.78 is 18.4. The standard InChI is InChI=1S/C34H38O5/c1-21(2)15-25-19-29(11-13-32(25)35)37-27-7-9-28(10-8-27)39-34-23(5)17-31(18-24(34)6)38-30-12-14-33(36)26(20-30)16-22(3)4/h7-14,17-22,35-36H,15-16H2,1-6H3. The van der Waals surface area contributed by atoms with Gasteiger partial charge in [0.05, 0.1) is 0 Å². The van der Waals surface area contributed by atoms with E-state index in [-0.39, 0.29) is 0 Å². The number of phenols is 2. The molecule has 0 fully saturated rings. The number of hydrogen-bond acceptors (Lipinski definition) is 5. The molecule has 0 bridgehead atoms. The molecule has 5 heteroatoms. The normalized spacial score (nSPS) is 11.2. The van der Waals surface area contributed by atoms with Gasteiger partial charge in [-0.15, -0.1) is 0 Å². The molecule has 0 aliphatic carbocycles. The highest BCUT2D eigenvalue weighted by atomic mass is 16.5. The maximum Gasteiger partial charge on any atom is 0.133 e. The van der Waals surface area contributed by atoms with Crippen LogP contribution in [0.25, 0.3) is 0 Å². The third-order valence-electron chi connectivity index (χ3n) is 6.31. The van der Waals surface area contributed by atoms with Crippen LogP contribution in [0.15, 0.2) is 72.8 Å². The van der Waals surface area contributed by atoms with Crippen LogP contribution in [0.2, 0.25) is 0 Å². The zero-order chi connectivity index (χ0) is 28.1. The first-order chi connectivity index (χ1) is 18.6. The predicted molar refractivity (Wildman–Crippen MR) is 156 cm³/mol. The third-order valence-corrected chi connectivity index (χ3v) is 6.31. The van der Waals surface area contributed by atoms with Crippen molar-refractivity contribution in [2.45, 2.75) is 54.4 Å². The van der Waals surface area contributed by atoms with Crippen LogP contribution in [0.4, 0.5) is 0 Å². The summed E-state index contributed by atoms with van der Waals surface area (Å²) in [4.78, 5) is 0. The van der Waals surface area contributed by atoms with E-state index in [1.807, 2.05) is 62.4 Å². The van der Waals surface area contributed by atoms with E-state index < -0.39 is 0 Å². The van der Waals surface area contributed by atoms with Crippen molar-refractivity contribution in [3.8, 4) is 46.0 Å². The minimum absolute atomic E-state index is 0.292. The van der Waals surface area contributed by atoms with Gasteiger partial charge in [0.15, 0.2) is 0 Å². The summed E-state index contributed by atoms with van der Waals surface area (Å²) in [6.45, 7) is 12.5. The van der Waals surface area contributed by atoms with Crippen molar-refractivity contribution in [2.24, 2.45) is 11.8 Å². The summed E-state index contributed by atoms with van der Waals surface area (Å²) in [5.41, 5.74) is 3.66. The van der Waals surface area contributed by atoms with Crippen molar-refractivity contribution in [1.82, 2.24) is 0 Å². The van der Waals surface area contributed by atoms with Gasteiger partial charge < -0.3 is 24.4 Å². The van der Waals surface area contributed by atoms with Gasteiger partial charge in [-0.05, 0) is 134 Å². The lowest BCUT2D eigenvalue weighted by Crippen LogP contribution is -1.96. The SMILES string of the molecule is Cc1cc(Oc2ccc(O)c(CC(C)C)c2)cc(C)c1Oc1ccc(Oc2ccc(O)c(CC(C)C)c2)cc1. The van der Waals surface area contributed by atoms with Crippen molar-refractivity contribution >= 4 is 0 Å². The molecule has 204 valence electrons. The van der Waals surface area contributed by atoms with E-state index in [4.69, 9.17) is 14.2 Å². The van der Waals surface area contributed by atoms with Gasteiger partial charge in [0.2, 0.25) is 0 Å². The topological polar surface area (TPSA) is 68.2 Å². The fraction of sp³-hybridized carbons (Fsp3) is 0.294. The Labute approximate surface area is 231 Å². The predicted octanol–water partition coefficient (Wildman–Crippen LogP) is 9.49. The van der Waals surface area contributed by atoms with Crippen molar-refractivity contribution in [2.75, 3.05) is 0 Å². The lowest BCUT2D eigenvalue weighted by molar-refractivity contribution is 0.448. The smallest absolute Gasteiger partial charge is 0.133 e. The number of aromatic hydroxyl groups is 2. The molecule has 0 atom stereocenters. The molecule has 2 N–H and O–H groups in total. The molecule has 0 amide bonds. The van der Waals surface area contributed by atoms with Gasteiger partial charge in [0.25, 0.3) is 0 Å². The second-order valence-electron chi connectivity index (χ2n) is 10.9. The molecule has 0 unspecified atom stereocenters. The van der Waals surface area contributed by atoms with Crippen LogP contribution in [0.3, 0.4) is 0 Å². The van der Waals surface area contributed by atoms with Gasteiger partial charge in [0, 0.05) is 0 Å². The Morgan fingerprint density at radius 1 is 0.513 bits per heavy atom. The number of rotatable bonds is 10. The molecule has 4 aromatic carbocycles. The quantitative estimate of drug-likeness (QED) is 0.215. The van der Waals surface area contributed by atoms with Crippen molar-refractivity contribution in [1.29, 1.82) is 0 Å². The molecule has 4 aromatic rings. The number of hydrogen-bond donors (Lipinski definition) is 2. The van der Waals surface area contributed by atoms with E-state index >= 15 is 0 Å². The van der Waals surface area contributed by atoms with E-state index in [9.17, 15) is 10.2 Å². The Hall–Kier alpha value is -4.12. The Morgan fingerprint density at radius 3 is 1.33 bits per heavy atom. The van der Waals surface area contributed by atoms with E-state index in [1.54, 1.807) is 24.3 Å². The van der Waals surface area contributed by atoms with E-state index in [1.165, 1.54) is 0 Å². The van der Waals surface area contributed by atoms with Gasteiger partial charge in [-0.25, -0.2) is 0 Å². The van der Waals surface area contributed by atoms with Crippen LogP contribution in [-0.2, 0) is 12.8 Å². The minimum Gasteiger partial charge on any atom is -0.508 e. The molecule has 0 saturated heterocycles. The molecule has 0 heterocycles. The molecule has 5 nitrogen and oxygen atoms in total. The number of aryl methyl sites for hydroxylation is 2. The largest absolute Gasteiger partial charge is 0.508 e. The Kier molecular flexibility index (Phi) is 8.70. The van der Waals surface area contributed by atoms with Crippen LogP contribution >= 0.6 is 0 Å². The first kappa shape index (κ1) is 27.9. The lowest BCUT2D eigenvalue weighted by atomic mass is 10.0. The molecule has 0 radical (unpaired) electrons. The summed E-state index contributed by atoms with van der Waals surface area (Å²) in [6, 6.07) is 22.1. The highest BCUT2D eigenvalue weighted by Gasteiger charge is 2.12. The third kappa shape index (κ3) is 7.47. The summed E-state index contributed by atoms with van der Waals surface area (Å²) >= 11 is 0. The van der Waals surface area contributed by atoms with E-state index in [0.717, 1.165) is 40.8 Å². The molecule has 4 rings (SSSR count). The summed E-state index contributed by atoms with van der Waals surface area (Å²) in [5, 5.41) is 20.3. The fourth-order valence-electron chi connectivity index (χ4n) is 4.55. The lowest BCUT2D eigenvalue weighted by Gasteiger charge is -2.16. The van der Waals surface area contributed by atoms with E-state index in [0.29, 0.717) is 52.1 Å². The second kappa shape index (κ2) is 12.2. The minimum atomic E-state index is 0.292. The fourth-order valence-corrected chi connectivity index (χ4v) is 4.55. The Bertz CT molecular complexity index is 1400. The second-order valence-corrected chi connectivity index (χ2v) is 10.9. The number of ether oxygens (including phenoxy) is 3. The zero-order valence-corrected chi connectivity index (χ0v) is 23.6. The van der Waals surface area contributed by atoms with Crippen molar-refractivity contribution in [3.05, 3.63) is 95.1 Å². The molecule has 0 aromatic heterocycles. The van der Waals surface area contributed by atoms with Gasteiger partial charge in [-0.2, -0.15) is 0 Å². The van der Waals surface area contributed by atoms with Gasteiger partial charge in [0.1, 0.15) is 46.0 Å². The molecular formula is C34H38O5. The van der Waals surface area contributed by atoms with Crippen LogP contribution < -0.4 is 14.2 Å². The van der Waals surface area contributed by atoms with Crippen LogP contribution in [0, 0.1) is 25.7 Å². The first-order valence-corrected chi connectivity index (χ1v) is 13.5. The molecule has 39 heavy (non-hydrogen) atoms. The summed E-state index contributed by atoms with van der Waals surface area (Å²) in [6.07, 6.45) is 1.57. The summed E-state index contributed by atoms with van der Waals surface area (Å²) in [5.74, 6) is 5.71. The van der Waals surface area contributed by atoms with E-state index in [2.05, 4.69) is 27.7 Å². The Balaban J connectivity index is 1.44. The maximum atomic E-state index is 10.2. The average molecular weight is 527 g/mol. The highest BCUT2D eigenvalue weighted by Crippen LogP contribution is 2.36. The molecule has 0 aliphatic rings. The molecule has 0 aliphatic heterocycles. The maximum absolute atomic E-state index is 10.2. The van der Waals surface area contributed by atoms with Crippen molar-refractivity contribution < 1.29 is 24.4 Å². The zero-order valence-electron chi connectivity index (χ0n) is 23.6. The molecule has 0 saturated carbocycles. The average Bonchev–Trinajstić information content (AvgIpc) is 2.86. The van der Waals surface area contributed by atoms with Gasteiger partial charge in [-0.1, -0.05) is 27.7 Å². The van der Waals surface area contributed by atoms with Crippen LogP contribution in [0.5, 0.6) is 46.0 Å². The molecule has 0 spiro atoms. The highest BCUT2D eigenvalue weighted by molar-refractivity contribution is 5.50. The van der Waals surface area contributed by atoms with Crippen molar-refractivity contribution in [3.63, 3.8) is 0 Å². The van der Waals surface area contributed by atoms with Gasteiger partial charge >= 0.3 is 0 Å². The van der Waals surface area contributed by atoms with Crippen LogP contribution in [-0.4, -0.2) is 10.2 Å². The Morgan fingerprint density at radius 2 is 0.897 bits per heavy atom. The molecular weight excluding hydrogens is 488 g/mol.